The first kappa shape index (κ1) is 16.1. The molecule has 4 rings (SSSR count). The fourth-order valence-corrected chi connectivity index (χ4v) is 5.35. The number of carbonyl (C=O) groups excluding carboxylic acids is 1. The van der Waals surface area contributed by atoms with Crippen molar-refractivity contribution < 1.29 is 9.90 Å². The Bertz CT molecular complexity index is 610. The van der Waals surface area contributed by atoms with Gasteiger partial charge in [0.2, 0.25) is 5.91 Å². The molecule has 1 N–H and O–H groups in total. The summed E-state index contributed by atoms with van der Waals surface area (Å²) in [5.41, 5.74) is 1.23. The Labute approximate surface area is 145 Å². The van der Waals surface area contributed by atoms with Crippen LogP contribution in [0.5, 0.6) is 0 Å². The molecule has 1 amide bonds. The molecule has 1 saturated heterocycles. The molecule has 3 nitrogen and oxygen atoms in total. The van der Waals surface area contributed by atoms with Gasteiger partial charge >= 0.3 is 0 Å². The van der Waals surface area contributed by atoms with Crippen LogP contribution in [0.15, 0.2) is 30.3 Å². The minimum absolute atomic E-state index is 0.0674. The zero-order chi connectivity index (χ0) is 16.9. The fraction of sp³-hybridized carbons (Fsp3) is 0.667. The molecule has 2 aliphatic carbocycles. The molecule has 0 radical (unpaired) electrons. The van der Waals surface area contributed by atoms with Crippen molar-refractivity contribution in [2.24, 2.45) is 17.3 Å². The maximum atomic E-state index is 12.5. The van der Waals surface area contributed by atoms with Crippen molar-refractivity contribution in [2.75, 3.05) is 13.1 Å². The van der Waals surface area contributed by atoms with E-state index in [1.807, 2.05) is 6.92 Å². The van der Waals surface area contributed by atoms with Gasteiger partial charge in [0, 0.05) is 24.4 Å². The van der Waals surface area contributed by atoms with Crippen molar-refractivity contribution in [1.29, 1.82) is 0 Å². The van der Waals surface area contributed by atoms with Gasteiger partial charge in [-0.2, -0.15) is 0 Å². The van der Waals surface area contributed by atoms with E-state index in [1.165, 1.54) is 24.8 Å². The molecule has 3 aliphatic rings. The van der Waals surface area contributed by atoms with Crippen LogP contribution in [-0.2, 0) is 4.79 Å². The number of carbonyl (C=O) groups is 1. The van der Waals surface area contributed by atoms with Gasteiger partial charge in [0.05, 0.1) is 5.60 Å². The maximum Gasteiger partial charge on any atom is 0.225 e. The normalized spacial score (nSPS) is 35.4. The van der Waals surface area contributed by atoms with E-state index in [2.05, 4.69) is 42.2 Å². The number of aliphatic hydroxyl groups is 1. The molecular formula is C21H29NO2. The lowest BCUT2D eigenvalue weighted by Gasteiger charge is -2.52. The molecule has 1 heterocycles. The quantitative estimate of drug-likeness (QED) is 0.922. The van der Waals surface area contributed by atoms with Gasteiger partial charge in [0.25, 0.3) is 0 Å². The Morgan fingerprint density at radius 3 is 2.50 bits per heavy atom. The van der Waals surface area contributed by atoms with Crippen molar-refractivity contribution in [3.8, 4) is 0 Å². The summed E-state index contributed by atoms with van der Waals surface area (Å²) in [6.07, 6.45) is 5.10. The highest BCUT2D eigenvalue weighted by molar-refractivity contribution is 5.81. The third kappa shape index (κ3) is 2.77. The predicted molar refractivity (Wildman–Crippen MR) is 94.6 cm³/mol. The average molecular weight is 327 g/mol. The monoisotopic (exact) mass is 327 g/mol. The number of hydrogen-bond donors (Lipinski definition) is 1. The topological polar surface area (TPSA) is 40.5 Å². The van der Waals surface area contributed by atoms with Crippen molar-refractivity contribution in [3.63, 3.8) is 0 Å². The second-order valence-corrected chi connectivity index (χ2v) is 9.00. The number of hydrogen-bond acceptors (Lipinski definition) is 2. The molecule has 0 bridgehead atoms. The standard InChI is InChI=1S/C21H29NO2/c1-15(16-6-4-3-5-7-16)17-8-9-21(12-17)13-22(14-21)19(23)18-10-20(2,24)11-18/h3-7,15,17-18,24H,8-14H2,1-2H3/t15-,17+,18-,20+/m1/s1. The lowest BCUT2D eigenvalue weighted by Crippen LogP contribution is -2.61. The Morgan fingerprint density at radius 1 is 1.21 bits per heavy atom. The first-order valence-electron chi connectivity index (χ1n) is 9.44. The third-order valence-electron chi connectivity index (χ3n) is 6.86. The van der Waals surface area contributed by atoms with Crippen LogP contribution in [0.4, 0.5) is 0 Å². The minimum Gasteiger partial charge on any atom is -0.390 e. The van der Waals surface area contributed by atoms with Crippen LogP contribution in [0.3, 0.4) is 0 Å². The second-order valence-electron chi connectivity index (χ2n) is 9.00. The lowest BCUT2D eigenvalue weighted by atomic mass is 9.69. The molecule has 2 saturated carbocycles. The van der Waals surface area contributed by atoms with Gasteiger partial charge in [-0.15, -0.1) is 0 Å². The van der Waals surface area contributed by atoms with Crippen LogP contribution in [0, 0.1) is 17.3 Å². The Morgan fingerprint density at radius 2 is 1.88 bits per heavy atom. The number of amides is 1. The summed E-state index contributed by atoms with van der Waals surface area (Å²) in [7, 11) is 0. The molecule has 1 aromatic rings. The maximum absolute atomic E-state index is 12.5. The van der Waals surface area contributed by atoms with E-state index in [1.54, 1.807) is 0 Å². The highest BCUT2D eigenvalue weighted by Crippen LogP contribution is 2.53. The summed E-state index contributed by atoms with van der Waals surface area (Å²) >= 11 is 0. The van der Waals surface area contributed by atoms with Gasteiger partial charge in [0.1, 0.15) is 0 Å². The number of benzene rings is 1. The summed E-state index contributed by atoms with van der Waals surface area (Å²) in [6.45, 7) is 6.09. The minimum atomic E-state index is -0.605. The molecule has 1 aromatic carbocycles. The predicted octanol–water partition coefficient (Wildman–Crippen LogP) is 3.58. The van der Waals surface area contributed by atoms with E-state index in [-0.39, 0.29) is 11.8 Å². The SMILES string of the molecule is C[C@H](c1ccccc1)[C@H]1CCC2(C1)CN(C(=O)[C@H]1C[C@@](C)(O)C1)C2. The number of likely N-dealkylation sites (tertiary alicyclic amines) is 1. The number of rotatable bonds is 3. The zero-order valence-corrected chi connectivity index (χ0v) is 14.9. The van der Waals surface area contributed by atoms with Gasteiger partial charge in [0.15, 0.2) is 0 Å². The summed E-state index contributed by atoms with van der Waals surface area (Å²) in [5, 5.41) is 9.84. The Hall–Kier alpha value is -1.35. The van der Waals surface area contributed by atoms with Gasteiger partial charge < -0.3 is 10.0 Å². The number of nitrogens with zero attached hydrogens (tertiary/aromatic N) is 1. The van der Waals surface area contributed by atoms with E-state index in [9.17, 15) is 9.90 Å². The summed E-state index contributed by atoms with van der Waals surface area (Å²) in [6, 6.07) is 10.8. The Balaban J connectivity index is 1.31. The molecular weight excluding hydrogens is 298 g/mol. The highest BCUT2D eigenvalue weighted by Gasteiger charge is 2.53. The van der Waals surface area contributed by atoms with Gasteiger partial charge in [-0.1, -0.05) is 37.3 Å². The van der Waals surface area contributed by atoms with E-state index in [0.717, 1.165) is 19.0 Å². The molecule has 1 spiro atoms. The summed E-state index contributed by atoms with van der Waals surface area (Å²) < 4.78 is 0. The Kier molecular flexibility index (Phi) is 3.76. The van der Waals surface area contributed by atoms with Crippen molar-refractivity contribution >= 4 is 5.91 Å². The molecule has 130 valence electrons. The average Bonchev–Trinajstić information content (AvgIpc) is 2.96. The first-order chi connectivity index (χ1) is 11.4. The summed E-state index contributed by atoms with van der Waals surface area (Å²) in [5.74, 6) is 1.70. The van der Waals surface area contributed by atoms with Crippen molar-refractivity contribution in [1.82, 2.24) is 4.90 Å². The van der Waals surface area contributed by atoms with E-state index in [4.69, 9.17) is 0 Å². The van der Waals surface area contributed by atoms with Crippen molar-refractivity contribution in [3.05, 3.63) is 35.9 Å². The first-order valence-corrected chi connectivity index (χ1v) is 9.44. The van der Waals surface area contributed by atoms with Crippen LogP contribution in [0.1, 0.15) is 57.4 Å². The molecule has 1 aliphatic heterocycles. The molecule has 0 unspecified atom stereocenters. The van der Waals surface area contributed by atoms with E-state index >= 15 is 0 Å². The molecule has 24 heavy (non-hydrogen) atoms. The molecule has 3 heteroatoms. The van der Waals surface area contributed by atoms with E-state index < -0.39 is 5.60 Å². The summed E-state index contributed by atoms with van der Waals surface area (Å²) in [4.78, 5) is 14.5. The third-order valence-corrected chi connectivity index (χ3v) is 6.86. The van der Waals surface area contributed by atoms with Gasteiger partial charge in [-0.3, -0.25) is 4.79 Å². The smallest absolute Gasteiger partial charge is 0.225 e. The lowest BCUT2D eigenvalue weighted by molar-refractivity contribution is -0.161. The fourth-order valence-electron chi connectivity index (χ4n) is 5.35. The van der Waals surface area contributed by atoms with Crippen LogP contribution < -0.4 is 0 Å². The van der Waals surface area contributed by atoms with Crippen LogP contribution in [0.2, 0.25) is 0 Å². The molecule has 2 atom stereocenters. The van der Waals surface area contributed by atoms with Crippen LogP contribution in [-0.4, -0.2) is 34.6 Å². The zero-order valence-electron chi connectivity index (χ0n) is 14.9. The molecule has 0 aromatic heterocycles. The highest BCUT2D eigenvalue weighted by atomic mass is 16.3. The van der Waals surface area contributed by atoms with Gasteiger partial charge in [-0.05, 0) is 56.4 Å². The largest absolute Gasteiger partial charge is 0.390 e. The second kappa shape index (κ2) is 5.59. The van der Waals surface area contributed by atoms with Crippen molar-refractivity contribution in [2.45, 2.75) is 57.5 Å². The molecule has 3 fully saturated rings. The van der Waals surface area contributed by atoms with Crippen LogP contribution in [0.25, 0.3) is 0 Å². The van der Waals surface area contributed by atoms with Crippen LogP contribution >= 0.6 is 0 Å². The van der Waals surface area contributed by atoms with Gasteiger partial charge in [-0.25, -0.2) is 0 Å². The van der Waals surface area contributed by atoms with E-state index in [0.29, 0.717) is 24.2 Å².